The number of hydrogen-bond donors (Lipinski definition) is 1. The van der Waals surface area contributed by atoms with Crippen molar-refractivity contribution in [1.29, 1.82) is 0 Å². The van der Waals surface area contributed by atoms with Crippen LogP contribution in [0.25, 0.3) is 22.3 Å². The molecule has 0 spiro atoms. The fourth-order valence-electron chi connectivity index (χ4n) is 4.26. The molecule has 4 aromatic rings. The predicted octanol–water partition coefficient (Wildman–Crippen LogP) is 4.16. The van der Waals surface area contributed by atoms with Crippen molar-refractivity contribution in [1.82, 2.24) is 0 Å². The molecule has 0 aliphatic carbocycles. The Bertz CT molecular complexity index is 1500. The summed E-state index contributed by atoms with van der Waals surface area (Å²) in [5.41, 5.74) is 1.38. The molecule has 1 N–H and O–H groups in total. The van der Waals surface area contributed by atoms with Crippen LogP contribution in [0.1, 0.15) is 23.5 Å². The number of esters is 2. The number of carbonyl (C=O) groups is 2. The molecule has 3 aromatic carbocycles. The topological polar surface area (TPSA) is 112 Å². The van der Waals surface area contributed by atoms with Gasteiger partial charge in [0.1, 0.15) is 34.0 Å². The summed E-state index contributed by atoms with van der Waals surface area (Å²) < 4.78 is 22.0. The first-order valence-electron chi connectivity index (χ1n) is 10.8. The molecule has 0 fully saturated rings. The fourth-order valence-corrected chi connectivity index (χ4v) is 4.26. The highest BCUT2D eigenvalue weighted by molar-refractivity contribution is 5.93. The third-order valence-electron chi connectivity index (χ3n) is 5.85. The number of carbonyl (C=O) groups excluding carboxylic acids is 2. The lowest BCUT2D eigenvalue weighted by atomic mass is 9.84. The van der Waals surface area contributed by atoms with Gasteiger partial charge in [0.2, 0.25) is 0 Å². The van der Waals surface area contributed by atoms with E-state index in [1.165, 1.54) is 19.2 Å². The number of benzene rings is 3. The van der Waals surface area contributed by atoms with Gasteiger partial charge in [-0.1, -0.05) is 48.5 Å². The maximum absolute atomic E-state index is 13.1. The van der Waals surface area contributed by atoms with E-state index in [0.717, 1.165) is 0 Å². The highest BCUT2D eigenvalue weighted by Gasteiger charge is 2.35. The van der Waals surface area contributed by atoms with Gasteiger partial charge in [0, 0.05) is 34.7 Å². The molecule has 8 heteroatoms. The van der Waals surface area contributed by atoms with E-state index in [1.54, 1.807) is 36.4 Å². The molecule has 0 saturated carbocycles. The van der Waals surface area contributed by atoms with Crippen LogP contribution in [-0.2, 0) is 14.3 Å². The van der Waals surface area contributed by atoms with Crippen molar-refractivity contribution in [2.75, 3.05) is 13.7 Å². The minimum Gasteiger partial charge on any atom is -0.507 e. The molecule has 176 valence electrons. The molecular weight excluding hydrogens is 452 g/mol. The third kappa shape index (κ3) is 4.10. The maximum atomic E-state index is 13.1. The van der Waals surface area contributed by atoms with E-state index in [9.17, 15) is 19.5 Å². The molecule has 0 saturated heterocycles. The van der Waals surface area contributed by atoms with Crippen LogP contribution >= 0.6 is 0 Å². The van der Waals surface area contributed by atoms with Crippen LogP contribution in [0, 0.1) is 0 Å². The second kappa shape index (κ2) is 8.98. The maximum Gasteiger partial charge on any atom is 0.343 e. The van der Waals surface area contributed by atoms with Crippen molar-refractivity contribution in [2.45, 2.75) is 12.3 Å². The van der Waals surface area contributed by atoms with Gasteiger partial charge in [-0.3, -0.25) is 9.59 Å². The second-order valence-corrected chi connectivity index (χ2v) is 7.99. The van der Waals surface area contributed by atoms with Crippen LogP contribution < -0.4 is 14.9 Å². The Hall–Kier alpha value is -4.59. The summed E-state index contributed by atoms with van der Waals surface area (Å²) in [6, 6.07) is 18.6. The van der Waals surface area contributed by atoms with Gasteiger partial charge >= 0.3 is 11.9 Å². The van der Waals surface area contributed by atoms with Gasteiger partial charge in [-0.05, 0) is 6.07 Å². The highest BCUT2D eigenvalue weighted by Crippen LogP contribution is 2.47. The lowest BCUT2D eigenvalue weighted by Crippen LogP contribution is -2.23. The smallest absolute Gasteiger partial charge is 0.343 e. The van der Waals surface area contributed by atoms with Crippen LogP contribution in [-0.4, -0.2) is 30.8 Å². The molecule has 1 aromatic heterocycles. The summed E-state index contributed by atoms with van der Waals surface area (Å²) in [6.45, 7) is -0.318. The molecule has 0 amide bonds. The standard InChI is InChI=1S/C27H20O8/c1-32-24(31)14-33-20-10-6-5-9-16(20)17-11-23(30)34-22-13-19(29)26-18(28)12-21(35-27(26)25(17)22)15-7-3-2-4-8-15/h2-10,12-13,17,29H,11,14H2,1H3/t17-/m1/s1. The fraction of sp³-hybridized carbons (Fsp3) is 0.148. The number of para-hydroxylation sites is 1. The zero-order valence-corrected chi connectivity index (χ0v) is 18.6. The first kappa shape index (κ1) is 22.2. The van der Waals surface area contributed by atoms with Gasteiger partial charge in [-0.25, -0.2) is 4.79 Å². The van der Waals surface area contributed by atoms with Gasteiger partial charge in [0.15, 0.2) is 12.0 Å². The first-order valence-corrected chi connectivity index (χ1v) is 10.8. The van der Waals surface area contributed by atoms with Crippen LogP contribution in [0.5, 0.6) is 17.2 Å². The lowest BCUT2D eigenvalue weighted by molar-refractivity contribution is -0.143. The van der Waals surface area contributed by atoms with Crippen LogP contribution in [0.3, 0.4) is 0 Å². The number of methoxy groups -OCH3 is 1. The summed E-state index contributed by atoms with van der Waals surface area (Å²) in [5.74, 6) is -1.30. The number of phenolic OH excluding ortho intramolecular Hbond substituents is 1. The van der Waals surface area contributed by atoms with E-state index in [2.05, 4.69) is 4.74 Å². The molecule has 0 radical (unpaired) electrons. The second-order valence-electron chi connectivity index (χ2n) is 7.99. The van der Waals surface area contributed by atoms with E-state index in [4.69, 9.17) is 13.9 Å². The monoisotopic (exact) mass is 472 g/mol. The molecule has 8 nitrogen and oxygen atoms in total. The largest absolute Gasteiger partial charge is 0.507 e. The summed E-state index contributed by atoms with van der Waals surface area (Å²) in [6.07, 6.45) is -0.0647. The van der Waals surface area contributed by atoms with Crippen molar-refractivity contribution in [2.24, 2.45) is 0 Å². The van der Waals surface area contributed by atoms with E-state index in [-0.39, 0.29) is 35.5 Å². The van der Waals surface area contributed by atoms with Gasteiger partial charge < -0.3 is 23.7 Å². The molecule has 0 unspecified atom stereocenters. The summed E-state index contributed by atoms with van der Waals surface area (Å²) in [7, 11) is 1.26. The normalized spacial score (nSPS) is 14.8. The highest BCUT2D eigenvalue weighted by atomic mass is 16.6. The molecule has 1 aliphatic heterocycles. The minimum atomic E-state index is -0.627. The van der Waals surface area contributed by atoms with Gasteiger partial charge in [0.05, 0.1) is 13.5 Å². The van der Waals surface area contributed by atoms with Crippen LogP contribution in [0.15, 0.2) is 75.9 Å². The number of fused-ring (bicyclic) bond motifs is 3. The van der Waals surface area contributed by atoms with E-state index in [0.29, 0.717) is 28.2 Å². The average Bonchev–Trinajstić information content (AvgIpc) is 2.87. The molecule has 0 bridgehead atoms. The summed E-state index contributed by atoms with van der Waals surface area (Å²) in [5, 5.41) is 10.6. The zero-order valence-electron chi connectivity index (χ0n) is 18.6. The van der Waals surface area contributed by atoms with Crippen molar-refractivity contribution >= 4 is 22.9 Å². The molecule has 5 rings (SSSR count). The average molecular weight is 472 g/mol. The SMILES string of the molecule is COC(=O)COc1ccccc1[C@H]1CC(=O)Oc2cc(O)c3c(=O)cc(-c4ccccc4)oc3c21. The molecule has 1 aliphatic rings. The van der Waals surface area contributed by atoms with E-state index >= 15 is 0 Å². The van der Waals surface area contributed by atoms with Gasteiger partial charge in [-0.2, -0.15) is 0 Å². The van der Waals surface area contributed by atoms with Gasteiger partial charge in [-0.15, -0.1) is 0 Å². The zero-order chi connectivity index (χ0) is 24.5. The van der Waals surface area contributed by atoms with E-state index in [1.807, 2.05) is 18.2 Å². The third-order valence-corrected chi connectivity index (χ3v) is 5.85. The molecule has 2 heterocycles. The summed E-state index contributed by atoms with van der Waals surface area (Å²) in [4.78, 5) is 37.2. The Labute approximate surface area is 199 Å². The predicted molar refractivity (Wildman–Crippen MR) is 126 cm³/mol. The molecule has 1 atom stereocenters. The summed E-state index contributed by atoms with van der Waals surface area (Å²) >= 11 is 0. The van der Waals surface area contributed by atoms with Crippen LogP contribution in [0.4, 0.5) is 0 Å². The Kier molecular flexibility index (Phi) is 5.70. The van der Waals surface area contributed by atoms with Crippen molar-refractivity contribution in [3.63, 3.8) is 0 Å². The number of phenols is 1. The minimum absolute atomic E-state index is 0.0145. The van der Waals surface area contributed by atoms with Gasteiger partial charge in [0.25, 0.3) is 0 Å². The Morgan fingerprint density at radius 1 is 1.06 bits per heavy atom. The quantitative estimate of drug-likeness (QED) is 0.340. The van der Waals surface area contributed by atoms with Crippen molar-refractivity contribution in [3.8, 4) is 28.6 Å². The Morgan fingerprint density at radius 3 is 2.57 bits per heavy atom. The Morgan fingerprint density at radius 2 is 1.80 bits per heavy atom. The lowest BCUT2D eigenvalue weighted by Gasteiger charge is -2.27. The van der Waals surface area contributed by atoms with Crippen LogP contribution in [0.2, 0.25) is 0 Å². The van der Waals surface area contributed by atoms with Crippen molar-refractivity contribution < 1.29 is 33.3 Å². The molecular formula is C27H20O8. The number of hydrogen-bond acceptors (Lipinski definition) is 8. The molecule has 35 heavy (non-hydrogen) atoms. The van der Waals surface area contributed by atoms with Crippen molar-refractivity contribution in [3.05, 3.63) is 88.1 Å². The number of aromatic hydroxyl groups is 1. The van der Waals surface area contributed by atoms with E-state index < -0.39 is 23.3 Å². The number of rotatable bonds is 5. The first-order chi connectivity index (χ1) is 17.0. The Balaban J connectivity index is 1.74. The number of ether oxygens (including phenoxy) is 3.